The van der Waals surface area contributed by atoms with Gasteiger partial charge in [-0.2, -0.15) is 0 Å². The van der Waals surface area contributed by atoms with E-state index in [2.05, 4.69) is 15.0 Å². The molecule has 0 bridgehead atoms. The Balaban J connectivity index is 2.22. The van der Waals surface area contributed by atoms with Crippen LogP contribution in [0.4, 0.5) is 5.82 Å². The first-order chi connectivity index (χ1) is 7.68. The monoisotopic (exact) mass is 241 g/mol. The number of fused-ring (bicyclic) bond motifs is 1. The average molecular weight is 241 g/mol. The Morgan fingerprint density at radius 3 is 2.88 bits per heavy atom. The number of nitrogen functional groups attached to an aromatic ring is 1. The summed E-state index contributed by atoms with van der Waals surface area (Å²) in [6.45, 7) is 0.552. The number of rotatable bonds is 4. The number of nitrogens with zero attached hydrogens (tertiary/aromatic N) is 4. The van der Waals surface area contributed by atoms with Crippen molar-refractivity contribution in [1.82, 2.24) is 19.5 Å². The van der Waals surface area contributed by atoms with Crippen LogP contribution in [-0.4, -0.2) is 33.7 Å². The van der Waals surface area contributed by atoms with E-state index in [9.17, 15) is 8.42 Å². The lowest BCUT2D eigenvalue weighted by Gasteiger charge is -2.00. The largest absolute Gasteiger partial charge is 0.382 e. The molecule has 2 aromatic heterocycles. The number of thiol groups is 1. The molecule has 0 aliphatic carbocycles. The van der Waals surface area contributed by atoms with Crippen LogP contribution in [0.5, 0.6) is 0 Å². The Morgan fingerprint density at radius 1 is 1.31 bits per heavy atom. The van der Waals surface area contributed by atoms with E-state index >= 15 is 0 Å². The molecule has 0 aromatic carbocycles. The van der Waals surface area contributed by atoms with Crippen molar-refractivity contribution in [3.8, 4) is 0 Å². The molecule has 2 aromatic rings. The molecule has 2 rings (SSSR count). The fourth-order valence-corrected chi connectivity index (χ4v) is 1.83. The van der Waals surface area contributed by atoms with Gasteiger partial charge < -0.3 is 10.3 Å². The Bertz CT molecular complexity index is 569. The summed E-state index contributed by atoms with van der Waals surface area (Å²) in [5, 5.41) is 0. The third kappa shape index (κ3) is 2.11. The Kier molecular flexibility index (Phi) is 3.00. The van der Waals surface area contributed by atoms with Crippen LogP contribution in [0.25, 0.3) is 11.2 Å². The number of anilines is 1. The molecule has 2 N–H and O–H groups in total. The second kappa shape index (κ2) is 4.44. The van der Waals surface area contributed by atoms with Crippen LogP contribution in [0.3, 0.4) is 0 Å². The Morgan fingerprint density at radius 2 is 2.12 bits per heavy atom. The van der Waals surface area contributed by atoms with Gasteiger partial charge in [-0.15, -0.1) is 0 Å². The quantitative estimate of drug-likeness (QED) is 0.693. The molecule has 0 radical (unpaired) electrons. The van der Waals surface area contributed by atoms with E-state index in [0.717, 1.165) is 0 Å². The molecule has 0 fully saturated rings. The van der Waals surface area contributed by atoms with Crippen LogP contribution in [0.1, 0.15) is 6.42 Å². The van der Waals surface area contributed by atoms with Crippen molar-refractivity contribution >= 4 is 27.7 Å². The maximum atomic E-state index is 10.4. The van der Waals surface area contributed by atoms with Crippen LogP contribution in [0, 0.1) is 0 Å². The van der Waals surface area contributed by atoms with Gasteiger partial charge in [0, 0.05) is 12.3 Å². The first-order valence-electron chi connectivity index (χ1n) is 4.71. The van der Waals surface area contributed by atoms with Crippen molar-refractivity contribution in [3.05, 3.63) is 12.7 Å². The van der Waals surface area contributed by atoms with Crippen molar-refractivity contribution < 1.29 is 8.42 Å². The van der Waals surface area contributed by atoms with Gasteiger partial charge in [0.1, 0.15) is 22.5 Å². The van der Waals surface area contributed by atoms with Gasteiger partial charge in [0.25, 0.3) is 0 Å². The highest BCUT2D eigenvalue weighted by Gasteiger charge is 2.06. The summed E-state index contributed by atoms with van der Waals surface area (Å²) in [5.74, 6) is 0.494. The van der Waals surface area contributed by atoms with Crippen molar-refractivity contribution in [2.75, 3.05) is 11.5 Å². The van der Waals surface area contributed by atoms with E-state index in [4.69, 9.17) is 5.73 Å². The second-order valence-electron chi connectivity index (χ2n) is 3.28. The van der Waals surface area contributed by atoms with Crippen LogP contribution >= 0.6 is 0 Å². The van der Waals surface area contributed by atoms with Crippen LogP contribution < -0.4 is 5.73 Å². The summed E-state index contributed by atoms with van der Waals surface area (Å²) in [4.78, 5) is 12.0. The first-order valence-corrected chi connectivity index (χ1v) is 6.08. The molecular formula is C8H11N5O2S. The third-order valence-electron chi connectivity index (χ3n) is 2.17. The summed E-state index contributed by atoms with van der Waals surface area (Å²) < 4.78 is 22.6. The molecule has 0 saturated carbocycles. The van der Waals surface area contributed by atoms with Gasteiger partial charge in [0.05, 0.1) is 6.33 Å². The maximum Gasteiger partial charge on any atom is 0.165 e. The molecule has 0 spiro atoms. The smallest absolute Gasteiger partial charge is 0.165 e. The number of aryl methyl sites for hydroxylation is 1. The Labute approximate surface area is 93.3 Å². The molecule has 0 aliphatic rings. The number of hydrogen-bond acceptors (Lipinski definition) is 6. The predicted octanol–water partition coefficient (Wildman–Crippen LogP) is -0.590. The average Bonchev–Trinajstić information content (AvgIpc) is 2.63. The van der Waals surface area contributed by atoms with E-state index < -0.39 is 10.7 Å². The number of aromatic nitrogens is 4. The predicted molar refractivity (Wildman–Crippen MR) is 59.5 cm³/mol. The topological polar surface area (TPSA) is 104 Å². The normalized spacial score (nSPS) is 11.3. The van der Waals surface area contributed by atoms with Crippen molar-refractivity contribution in [2.24, 2.45) is 0 Å². The van der Waals surface area contributed by atoms with Crippen LogP contribution in [0.2, 0.25) is 0 Å². The number of hydrogen-bond donors (Lipinski definition) is 2. The lowest BCUT2D eigenvalue weighted by Crippen LogP contribution is -2.01. The van der Waals surface area contributed by atoms with Crippen molar-refractivity contribution in [3.63, 3.8) is 0 Å². The molecule has 8 heteroatoms. The Hall–Kier alpha value is -1.70. The van der Waals surface area contributed by atoms with E-state index in [1.165, 1.54) is 6.33 Å². The molecule has 0 unspecified atom stereocenters. The summed E-state index contributed by atoms with van der Waals surface area (Å²) in [7, 11) is -2.32. The lowest BCUT2D eigenvalue weighted by molar-refractivity contribution is 0.605. The minimum atomic E-state index is -2.32. The van der Waals surface area contributed by atoms with Gasteiger partial charge >= 0.3 is 0 Å². The van der Waals surface area contributed by atoms with Crippen molar-refractivity contribution in [1.29, 1.82) is 0 Å². The van der Waals surface area contributed by atoms with Gasteiger partial charge in [0.15, 0.2) is 11.5 Å². The van der Waals surface area contributed by atoms with Crippen LogP contribution in [0.15, 0.2) is 12.7 Å². The minimum absolute atomic E-state index is 0.162. The molecule has 7 nitrogen and oxygen atoms in total. The van der Waals surface area contributed by atoms with E-state index in [1.54, 1.807) is 10.9 Å². The van der Waals surface area contributed by atoms with Crippen molar-refractivity contribution in [2.45, 2.75) is 13.0 Å². The second-order valence-corrected chi connectivity index (χ2v) is 4.39. The molecule has 0 amide bonds. The standard InChI is InChI=1S/C8H11N5O2S/c9-7-6-8(11-4-10-7)13(5-12-6)2-1-3-16(14)15/h4-5,16H,1-3H2,(H2,9,10,11). The van der Waals surface area contributed by atoms with E-state index in [1.807, 2.05) is 0 Å². The fraction of sp³-hybridized carbons (Fsp3) is 0.375. The van der Waals surface area contributed by atoms with Gasteiger partial charge in [0.2, 0.25) is 0 Å². The highest BCUT2D eigenvalue weighted by atomic mass is 32.2. The molecule has 86 valence electrons. The first kappa shape index (κ1) is 10.8. The summed E-state index contributed by atoms with van der Waals surface area (Å²) in [6.07, 6.45) is 3.49. The molecular weight excluding hydrogens is 230 g/mol. The van der Waals surface area contributed by atoms with Gasteiger partial charge in [-0.3, -0.25) is 0 Å². The summed E-state index contributed by atoms with van der Waals surface area (Å²) >= 11 is 0. The molecule has 2 heterocycles. The molecule has 16 heavy (non-hydrogen) atoms. The van der Waals surface area contributed by atoms with Gasteiger partial charge in [-0.25, -0.2) is 23.4 Å². The fourth-order valence-electron chi connectivity index (χ4n) is 1.43. The molecule has 0 saturated heterocycles. The van der Waals surface area contributed by atoms with Crippen LogP contribution in [-0.2, 0) is 17.2 Å². The maximum absolute atomic E-state index is 10.4. The van der Waals surface area contributed by atoms with Gasteiger partial charge in [-0.05, 0) is 6.42 Å². The number of imidazole rings is 1. The minimum Gasteiger partial charge on any atom is -0.382 e. The zero-order chi connectivity index (χ0) is 11.5. The molecule has 0 atom stereocenters. The summed E-state index contributed by atoms with van der Waals surface area (Å²) in [5.41, 5.74) is 6.81. The zero-order valence-corrected chi connectivity index (χ0v) is 9.30. The van der Waals surface area contributed by atoms with E-state index in [-0.39, 0.29) is 5.75 Å². The molecule has 0 aliphatic heterocycles. The highest BCUT2D eigenvalue weighted by Crippen LogP contribution is 2.14. The SMILES string of the molecule is Nc1ncnc2c1ncn2CCC[SH](=O)=O. The lowest BCUT2D eigenvalue weighted by atomic mass is 10.4. The summed E-state index contributed by atoms with van der Waals surface area (Å²) in [6, 6.07) is 0. The zero-order valence-electron chi connectivity index (χ0n) is 8.41. The highest BCUT2D eigenvalue weighted by molar-refractivity contribution is 7.72. The van der Waals surface area contributed by atoms with Gasteiger partial charge in [-0.1, -0.05) is 0 Å². The van der Waals surface area contributed by atoms with E-state index in [0.29, 0.717) is 29.9 Å². The number of nitrogens with two attached hydrogens (primary N) is 1. The third-order valence-corrected chi connectivity index (χ3v) is 2.85.